The van der Waals surface area contributed by atoms with Gasteiger partial charge in [-0.1, -0.05) is 23.1 Å². The van der Waals surface area contributed by atoms with Crippen molar-refractivity contribution in [1.82, 2.24) is 15.1 Å². The molecule has 2 heterocycles. The lowest BCUT2D eigenvalue weighted by atomic mass is 10.4. The Kier molecular flexibility index (Phi) is 7.43. The summed E-state index contributed by atoms with van der Waals surface area (Å²) < 4.78 is 5.48. The van der Waals surface area contributed by atoms with E-state index in [1.807, 2.05) is 11.8 Å². The van der Waals surface area contributed by atoms with Gasteiger partial charge in [-0.25, -0.2) is 0 Å². The molecule has 22 heavy (non-hydrogen) atoms. The first-order chi connectivity index (χ1) is 10.7. The molecule has 0 aromatic carbocycles. The van der Waals surface area contributed by atoms with E-state index in [2.05, 4.69) is 20.4 Å². The number of hydrogen-bond acceptors (Lipinski definition) is 9. The van der Waals surface area contributed by atoms with Gasteiger partial charge in [-0.3, -0.25) is 19.8 Å². The molecule has 7 nitrogen and oxygen atoms in total. The van der Waals surface area contributed by atoms with Gasteiger partial charge in [0.05, 0.1) is 18.9 Å². The van der Waals surface area contributed by atoms with E-state index >= 15 is 0 Å². The first-order valence-corrected chi connectivity index (χ1v) is 9.85. The number of carbonyl (C=O) groups is 2. The topological polar surface area (TPSA) is 84.4 Å². The van der Waals surface area contributed by atoms with Crippen LogP contribution in [0.25, 0.3) is 0 Å². The number of aromatic nitrogens is 2. The molecule has 0 aliphatic carbocycles. The number of carbonyl (C=O) groups excluding carboxylic acids is 2. The van der Waals surface area contributed by atoms with Gasteiger partial charge in [0.2, 0.25) is 11.0 Å². The van der Waals surface area contributed by atoms with Crippen LogP contribution >= 0.6 is 34.9 Å². The fourth-order valence-electron chi connectivity index (χ4n) is 1.76. The number of nitrogens with one attached hydrogen (secondary N) is 1. The maximum Gasteiger partial charge on any atom is 0.316 e. The first kappa shape index (κ1) is 17.5. The van der Waals surface area contributed by atoms with E-state index in [1.165, 1.54) is 23.1 Å². The van der Waals surface area contributed by atoms with Gasteiger partial charge in [0.25, 0.3) is 0 Å². The van der Waals surface area contributed by atoms with Crippen LogP contribution in [-0.4, -0.2) is 70.5 Å². The average molecular weight is 363 g/mol. The second kappa shape index (κ2) is 9.33. The number of ether oxygens (including phenoxy) is 1. The minimum atomic E-state index is -0.281. The molecule has 1 fully saturated rings. The van der Waals surface area contributed by atoms with Crippen molar-refractivity contribution < 1.29 is 14.3 Å². The van der Waals surface area contributed by atoms with Crippen LogP contribution in [0.3, 0.4) is 0 Å². The van der Waals surface area contributed by atoms with Crippen molar-refractivity contribution in [2.45, 2.75) is 11.3 Å². The third kappa shape index (κ3) is 6.11. The van der Waals surface area contributed by atoms with Crippen molar-refractivity contribution in [2.75, 3.05) is 48.8 Å². The molecule has 0 spiro atoms. The van der Waals surface area contributed by atoms with E-state index in [0.717, 1.165) is 24.6 Å². The first-order valence-electron chi connectivity index (χ1n) is 6.89. The molecule has 0 atom stereocenters. The van der Waals surface area contributed by atoms with Gasteiger partial charge < -0.3 is 4.74 Å². The average Bonchev–Trinajstić information content (AvgIpc) is 2.94. The smallest absolute Gasteiger partial charge is 0.316 e. The number of nitrogens with zero attached hydrogens (tertiary/aromatic N) is 3. The number of anilines is 1. The molecule has 1 aromatic heterocycles. The third-order valence-electron chi connectivity index (χ3n) is 2.74. The summed E-state index contributed by atoms with van der Waals surface area (Å²) in [5, 5.41) is 11.1. The number of esters is 1. The summed E-state index contributed by atoms with van der Waals surface area (Å²) in [5.74, 6) is 1.98. The Hall–Kier alpha value is -0.840. The quantitative estimate of drug-likeness (QED) is 0.440. The second-order valence-corrected chi connectivity index (χ2v) is 7.83. The van der Waals surface area contributed by atoms with Crippen LogP contribution in [0.15, 0.2) is 4.34 Å². The lowest BCUT2D eigenvalue weighted by molar-refractivity contribution is -0.139. The summed E-state index contributed by atoms with van der Waals surface area (Å²) in [5.41, 5.74) is 0. The van der Waals surface area contributed by atoms with Crippen LogP contribution in [0.1, 0.15) is 6.92 Å². The molecule has 0 unspecified atom stereocenters. The second-order valence-electron chi connectivity index (χ2n) is 4.40. The summed E-state index contributed by atoms with van der Waals surface area (Å²) >= 11 is 4.43. The molecule has 1 aliphatic heterocycles. The van der Waals surface area contributed by atoms with Gasteiger partial charge in [-0.2, -0.15) is 11.8 Å². The standard InChI is InChI=1S/C12H18N4O3S3/c1-2-19-10(18)8-21-12-15-14-11(22-12)13-9(17)7-16-3-5-20-6-4-16/h2-8H2,1H3,(H,13,14,17). The predicted molar refractivity (Wildman–Crippen MR) is 89.7 cm³/mol. The van der Waals surface area contributed by atoms with E-state index < -0.39 is 0 Å². The Morgan fingerprint density at radius 1 is 1.36 bits per heavy atom. The molecule has 0 bridgehead atoms. The molecule has 10 heteroatoms. The fourth-order valence-corrected chi connectivity index (χ4v) is 4.31. The van der Waals surface area contributed by atoms with E-state index in [1.54, 1.807) is 6.92 Å². The zero-order valence-corrected chi connectivity index (χ0v) is 14.7. The summed E-state index contributed by atoms with van der Waals surface area (Å²) in [7, 11) is 0. The van der Waals surface area contributed by atoms with Crippen molar-refractivity contribution in [1.29, 1.82) is 0 Å². The third-order valence-corrected chi connectivity index (χ3v) is 5.63. The zero-order chi connectivity index (χ0) is 15.8. The molecule has 0 radical (unpaired) electrons. The Balaban J connectivity index is 1.73. The minimum absolute atomic E-state index is 0.0787. The van der Waals surface area contributed by atoms with Gasteiger partial charge in [0.15, 0.2) is 4.34 Å². The van der Waals surface area contributed by atoms with Crippen LogP contribution in [0.2, 0.25) is 0 Å². The van der Waals surface area contributed by atoms with Crippen LogP contribution < -0.4 is 5.32 Å². The molecule has 1 aliphatic rings. The highest BCUT2D eigenvalue weighted by Crippen LogP contribution is 2.25. The normalized spacial score (nSPS) is 15.5. The van der Waals surface area contributed by atoms with Crippen LogP contribution in [0.5, 0.6) is 0 Å². The lowest BCUT2D eigenvalue weighted by Crippen LogP contribution is -2.38. The highest BCUT2D eigenvalue weighted by atomic mass is 32.2. The van der Waals surface area contributed by atoms with Gasteiger partial charge >= 0.3 is 5.97 Å². The minimum Gasteiger partial charge on any atom is -0.465 e. The van der Waals surface area contributed by atoms with Crippen LogP contribution in [0, 0.1) is 0 Å². The van der Waals surface area contributed by atoms with E-state index in [4.69, 9.17) is 4.74 Å². The van der Waals surface area contributed by atoms with Crippen LogP contribution in [-0.2, 0) is 14.3 Å². The van der Waals surface area contributed by atoms with Gasteiger partial charge in [-0.05, 0) is 6.92 Å². The highest BCUT2D eigenvalue weighted by molar-refractivity contribution is 8.01. The number of thioether (sulfide) groups is 2. The number of amides is 1. The monoisotopic (exact) mass is 362 g/mol. The van der Waals surface area contributed by atoms with E-state index in [-0.39, 0.29) is 17.6 Å². The molecule has 1 aromatic rings. The van der Waals surface area contributed by atoms with Crippen molar-refractivity contribution in [3.05, 3.63) is 0 Å². The largest absolute Gasteiger partial charge is 0.465 e. The van der Waals surface area contributed by atoms with E-state index in [9.17, 15) is 9.59 Å². The molecule has 122 valence electrons. The zero-order valence-electron chi connectivity index (χ0n) is 12.2. The predicted octanol–water partition coefficient (Wildman–Crippen LogP) is 1.18. The Morgan fingerprint density at radius 2 is 2.14 bits per heavy atom. The molecule has 1 saturated heterocycles. The maximum absolute atomic E-state index is 11.9. The molecular formula is C12H18N4O3S3. The van der Waals surface area contributed by atoms with Crippen molar-refractivity contribution in [3.63, 3.8) is 0 Å². The Bertz CT molecular complexity index is 506. The highest BCUT2D eigenvalue weighted by Gasteiger charge is 2.16. The van der Waals surface area contributed by atoms with Crippen LogP contribution in [0.4, 0.5) is 5.13 Å². The lowest BCUT2D eigenvalue weighted by Gasteiger charge is -2.24. The molecule has 0 saturated carbocycles. The maximum atomic E-state index is 11.9. The number of rotatable bonds is 7. The summed E-state index contributed by atoms with van der Waals surface area (Å²) in [4.78, 5) is 25.3. The van der Waals surface area contributed by atoms with Gasteiger partial charge in [0.1, 0.15) is 0 Å². The molecule has 1 amide bonds. The molecular weight excluding hydrogens is 344 g/mol. The van der Waals surface area contributed by atoms with Gasteiger partial charge in [0, 0.05) is 24.6 Å². The van der Waals surface area contributed by atoms with E-state index in [0.29, 0.717) is 22.6 Å². The van der Waals surface area contributed by atoms with Gasteiger partial charge in [-0.15, -0.1) is 10.2 Å². The van der Waals surface area contributed by atoms with Crippen molar-refractivity contribution in [3.8, 4) is 0 Å². The number of hydrogen-bond donors (Lipinski definition) is 1. The SMILES string of the molecule is CCOC(=O)CSc1nnc(NC(=O)CN2CCSCC2)s1. The molecule has 2 rings (SSSR count). The Labute approximate surface area is 141 Å². The fraction of sp³-hybridized carbons (Fsp3) is 0.667. The Morgan fingerprint density at radius 3 is 2.86 bits per heavy atom. The van der Waals surface area contributed by atoms with Crippen molar-refractivity contribution >= 4 is 51.9 Å². The van der Waals surface area contributed by atoms with Crippen molar-refractivity contribution in [2.24, 2.45) is 0 Å². The summed E-state index contributed by atoms with van der Waals surface area (Å²) in [6.45, 7) is 4.39. The molecule has 1 N–H and O–H groups in total. The summed E-state index contributed by atoms with van der Waals surface area (Å²) in [6.07, 6.45) is 0. The summed E-state index contributed by atoms with van der Waals surface area (Å²) in [6, 6.07) is 0.